The van der Waals surface area contributed by atoms with Gasteiger partial charge in [-0.1, -0.05) is 133 Å². The largest absolute Gasteiger partial charge is 0.480 e. The molecule has 1 fully saturated rings. The van der Waals surface area contributed by atoms with Gasteiger partial charge in [0.15, 0.2) is 0 Å². The fourth-order valence-electron chi connectivity index (χ4n) is 8.77. The van der Waals surface area contributed by atoms with Crippen LogP contribution in [0.15, 0.2) is 133 Å². The number of benzene rings is 5. The number of carbonyl (C=O) groups excluding carboxylic acids is 2. The summed E-state index contributed by atoms with van der Waals surface area (Å²) in [6, 6.07) is 44.3. The first kappa shape index (κ1) is 45.7. The maximum Gasteiger partial charge on any atom is 0.407 e. The molecule has 5 aromatic rings. The first-order chi connectivity index (χ1) is 29.4. The molecule has 1 saturated heterocycles. The number of carbonyl (C=O) groups is 3. The zero-order valence-corrected chi connectivity index (χ0v) is 37.4. The third kappa shape index (κ3) is 12.0. The van der Waals surface area contributed by atoms with E-state index in [1.54, 1.807) is 11.8 Å². The number of carboxylic acid groups (broad SMARTS) is 1. The van der Waals surface area contributed by atoms with Crippen LogP contribution in [-0.4, -0.2) is 93.6 Å². The standard InChI is InChI=1S/C50H60N4O5S2/c1-49(2,3)59-48(58)52-44(32-50(38-21-8-5-9-22-38,39-23-10-6-11-24-39)40-25-12-7-13-26-40)46(60)54-30-17-27-41(54)34-53(35-45(55)51-43(47(56)57)29-31-61-4)33-37-20-16-19-36-18-14-15-28-42(36)37/h5-16,18-26,28,41,43-44,46,60H,17,27,29-35H2,1-4H3,(H,51,55)(H,52,58)(H,56,57)/t41-,43?,44?,46?/m0/s1. The van der Waals surface area contributed by atoms with Crippen molar-refractivity contribution in [3.05, 3.63) is 156 Å². The van der Waals surface area contributed by atoms with Crippen LogP contribution in [0.2, 0.25) is 0 Å². The van der Waals surface area contributed by atoms with E-state index >= 15 is 0 Å². The van der Waals surface area contributed by atoms with Crippen molar-refractivity contribution in [1.82, 2.24) is 20.4 Å². The normalized spacial score (nSPS) is 16.2. The lowest BCUT2D eigenvalue weighted by Gasteiger charge is -2.43. The van der Waals surface area contributed by atoms with Gasteiger partial charge < -0.3 is 20.5 Å². The highest BCUT2D eigenvalue weighted by Crippen LogP contribution is 2.44. The molecule has 0 bridgehead atoms. The number of alkyl carbamates (subject to hydrolysis) is 1. The minimum atomic E-state index is -1.04. The molecule has 2 amide bonds. The zero-order chi connectivity index (χ0) is 43.4. The summed E-state index contributed by atoms with van der Waals surface area (Å²) < 4.78 is 5.92. The average molecular weight is 861 g/mol. The van der Waals surface area contributed by atoms with Gasteiger partial charge in [-0.2, -0.15) is 24.4 Å². The van der Waals surface area contributed by atoms with Crippen LogP contribution in [0.25, 0.3) is 10.8 Å². The van der Waals surface area contributed by atoms with E-state index < -0.39 is 40.5 Å². The van der Waals surface area contributed by atoms with Crippen LogP contribution in [-0.2, 0) is 26.3 Å². The molecule has 0 aromatic heterocycles. The van der Waals surface area contributed by atoms with Crippen LogP contribution in [0.1, 0.15) is 68.7 Å². The van der Waals surface area contributed by atoms with Gasteiger partial charge in [-0.3, -0.25) is 14.6 Å². The van der Waals surface area contributed by atoms with E-state index in [1.807, 2.05) is 63.4 Å². The molecule has 0 radical (unpaired) electrons. The van der Waals surface area contributed by atoms with Gasteiger partial charge in [0.05, 0.1) is 18.0 Å². The molecule has 5 aromatic carbocycles. The van der Waals surface area contributed by atoms with Gasteiger partial charge in [-0.25, -0.2) is 9.59 Å². The Kier molecular flexibility index (Phi) is 16.0. The van der Waals surface area contributed by atoms with Gasteiger partial charge in [0, 0.05) is 24.5 Å². The predicted molar refractivity (Wildman–Crippen MR) is 251 cm³/mol. The first-order valence-corrected chi connectivity index (χ1v) is 23.1. The lowest BCUT2D eigenvalue weighted by atomic mass is 9.66. The molecule has 322 valence electrons. The number of hydrogen-bond donors (Lipinski definition) is 4. The molecule has 0 spiro atoms. The second-order valence-electron chi connectivity index (χ2n) is 17.0. The molecule has 11 heteroatoms. The van der Waals surface area contributed by atoms with Gasteiger partial charge in [0.25, 0.3) is 0 Å². The number of nitrogens with one attached hydrogen (secondary N) is 2. The van der Waals surface area contributed by atoms with Crippen molar-refractivity contribution in [2.24, 2.45) is 0 Å². The van der Waals surface area contributed by atoms with Crippen molar-refractivity contribution < 1.29 is 24.2 Å². The fourth-order valence-corrected chi connectivity index (χ4v) is 9.72. The van der Waals surface area contributed by atoms with Gasteiger partial charge in [0.2, 0.25) is 5.91 Å². The summed E-state index contributed by atoms with van der Waals surface area (Å²) in [5.74, 6) is -0.747. The Labute approximate surface area is 371 Å². The van der Waals surface area contributed by atoms with Crippen molar-refractivity contribution in [1.29, 1.82) is 0 Å². The number of aliphatic carboxylic acids is 1. The van der Waals surface area contributed by atoms with E-state index in [9.17, 15) is 19.5 Å². The number of thiol groups is 1. The highest BCUT2D eigenvalue weighted by molar-refractivity contribution is 7.98. The van der Waals surface area contributed by atoms with Crippen LogP contribution >= 0.6 is 24.4 Å². The third-order valence-electron chi connectivity index (χ3n) is 11.5. The van der Waals surface area contributed by atoms with Crippen molar-refractivity contribution >= 4 is 53.1 Å². The number of carboxylic acids is 1. The topological polar surface area (TPSA) is 111 Å². The third-order valence-corrected chi connectivity index (χ3v) is 12.8. The van der Waals surface area contributed by atoms with Gasteiger partial charge in [-0.05, 0) is 98.0 Å². The monoisotopic (exact) mass is 860 g/mol. The van der Waals surface area contributed by atoms with E-state index in [2.05, 4.69) is 117 Å². The van der Waals surface area contributed by atoms with Crippen molar-refractivity contribution in [2.75, 3.05) is 31.6 Å². The number of nitrogens with zero attached hydrogens (tertiary/aromatic N) is 2. The Morgan fingerprint density at radius 2 is 1.41 bits per heavy atom. The maximum atomic E-state index is 13.9. The summed E-state index contributed by atoms with van der Waals surface area (Å²) in [4.78, 5) is 44.3. The first-order valence-electron chi connectivity index (χ1n) is 21.2. The Bertz CT molecular complexity index is 2080. The minimum absolute atomic E-state index is 0.0204. The predicted octanol–water partition coefficient (Wildman–Crippen LogP) is 9.00. The van der Waals surface area contributed by atoms with E-state index in [-0.39, 0.29) is 18.5 Å². The number of hydrogen-bond acceptors (Lipinski definition) is 8. The lowest BCUT2D eigenvalue weighted by Crippen LogP contribution is -2.56. The van der Waals surface area contributed by atoms with E-state index in [0.717, 1.165) is 52.4 Å². The molecule has 9 nitrogen and oxygen atoms in total. The van der Waals surface area contributed by atoms with Crippen molar-refractivity contribution in [2.45, 2.75) is 87.5 Å². The molecule has 0 aliphatic carbocycles. The quantitative estimate of drug-likeness (QED) is 0.0482. The molecule has 1 aliphatic rings. The summed E-state index contributed by atoms with van der Waals surface area (Å²) in [6.07, 6.45) is 3.98. The molecular formula is C50H60N4O5S2. The molecule has 3 N–H and O–H groups in total. The van der Waals surface area contributed by atoms with Gasteiger partial charge >= 0.3 is 12.1 Å². The smallest absolute Gasteiger partial charge is 0.407 e. The van der Waals surface area contributed by atoms with Crippen LogP contribution < -0.4 is 10.6 Å². The maximum absolute atomic E-state index is 13.9. The fraction of sp³-hybridized carbons (Fsp3) is 0.380. The summed E-state index contributed by atoms with van der Waals surface area (Å²) >= 11 is 7.00. The number of fused-ring (bicyclic) bond motifs is 1. The van der Waals surface area contributed by atoms with Crippen LogP contribution in [0.4, 0.5) is 4.79 Å². The molecule has 0 saturated carbocycles. The molecule has 1 aliphatic heterocycles. The molecule has 6 rings (SSSR count). The van der Waals surface area contributed by atoms with Crippen LogP contribution in [0.5, 0.6) is 0 Å². The zero-order valence-electron chi connectivity index (χ0n) is 35.7. The summed E-state index contributed by atoms with van der Waals surface area (Å²) in [5.41, 5.74) is 2.95. The summed E-state index contributed by atoms with van der Waals surface area (Å²) in [7, 11) is 0. The van der Waals surface area contributed by atoms with E-state index in [1.165, 1.54) is 0 Å². The van der Waals surface area contributed by atoms with Crippen LogP contribution in [0, 0.1) is 0 Å². The number of thioether (sulfide) groups is 1. The van der Waals surface area contributed by atoms with E-state index in [0.29, 0.717) is 31.7 Å². The minimum Gasteiger partial charge on any atom is -0.480 e. The lowest BCUT2D eigenvalue weighted by molar-refractivity contribution is -0.142. The number of ether oxygens (including phenoxy) is 1. The molecular weight excluding hydrogens is 801 g/mol. The molecule has 61 heavy (non-hydrogen) atoms. The number of rotatable bonds is 19. The Hall–Kier alpha value is -4.81. The molecule has 1 heterocycles. The Balaban J connectivity index is 1.36. The average Bonchev–Trinajstić information content (AvgIpc) is 3.71. The Morgan fingerprint density at radius 1 is 0.836 bits per heavy atom. The molecule has 3 unspecified atom stereocenters. The highest BCUT2D eigenvalue weighted by atomic mass is 32.2. The van der Waals surface area contributed by atoms with Crippen LogP contribution in [0.3, 0.4) is 0 Å². The second kappa shape index (κ2) is 21.3. The summed E-state index contributed by atoms with van der Waals surface area (Å²) in [5, 5.41) is 17.8. The second-order valence-corrected chi connectivity index (χ2v) is 18.5. The Morgan fingerprint density at radius 3 is 1.98 bits per heavy atom. The van der Waals surface area contributed by atoms with Crippen molar-refractivity contribution in [3.63, 3.8) is 0 Å². The molecule has 4 atom stereocenters. The van der Waals surface area contributed by atoms with Gasteiger partial charge in [-0.15, -0.1) is 0 Å². The van der Waals surface area contributed by atoms with E-state index in [4.69, 9.17) is 17.4 Å². The SMILES string of the molecule is CSCCC(NC(=O)CN(Cc1cccc2ccccc12)C[C@@H]1CCCN1C(S)C(CC(c1ccccc1)(c1ccccc1)c1ccccc1)NC(=O)OC(C)(C)C)C(=O)O. The highest BCUT2D eigenvalue weighted by Gasteiger charge is 2.44. The van der Waals surface area contributed by atoms with Gasteiger partial charge in [0.1, 0.15) is 11.6 Å². The number of likely N-dealkylation sites (tertiary alicyclic amines) is 1. The van der Waals surface area contributed by atoms with Crippen molar-refractivity contribution in [3.8, 4) is 0 Å². The summed E-state index contributed by atoms with van der Waals surface area (Å²) in [6.45, 7) is 7.35. The number of amides is 2.